The van der Waals surface area contributed by atoms with Crippen LogP contribution in [-0.2, 0) is 9.47 Å². The molecule has 0 radical (unpaired) electrons. The number of allylic oxidation sites excluding steroid dienone is 3. The minimum absolute atomic E-state index is 0.0876. The van der Waals surface area contributed by atoms with Gasteiger partial charge in [0.05, 0.1) is 24.6 Å². The zero-order valence-corrected chi connectivity index (χ0v) is 14.7. The van der Waals surface area contributed by atoms with Gasteiger partial charge in [0, 0.05) is 12.7 Å². The molecule has 0 saturated heterocycles. The minimum Gasteiger partial charge on any atom is -0.465 e. The first-order valence-electron chi connectivity index (χ1n) is 8.24. The van der Waals surface area contributed by atoms with Crippen LogP contribution in [0.5, 0.6) is 0 Å². The van der Waals surface area contributed by atoms with Crippen molar-refractivity contribution in [1.82, 2.24) is 0 Å². The van der Waals surface area contributed by atoms with Gasteiger partial charge in [0.25, 0.3) is 0 Å². The van der Waals surface area contributed by atoms with E-state index in [1.165, 1.54) is 0 Å². The Morgan fingerprint density at radius 1 is 1.43 bits per heavy atom. The van der Waals surface area contributed by atoms with Crippen molar-refractivity contribution in [3.8, 4) is 0 Å². The Bertz CT molecular complexity index is 472. The van der Waals surface area contributed by atoms with Gasteiger partial charge in [0.1, 0.15) is 5.76 Å². The second-order valence-corrected chi connectivity index (χ2v) is 6.02. The summed E-state index contributed by atoms with van der Waals surface area (Å²) in [4.78, 5) is 0. The van der Waals surface area contributed by atoms with Crippen LogP contribution in [0.25, 0.3) is 0 Å². The molecule has 0 aromatic rings. The molecule has 0 bridgehead atoms. The van der Waals surface area contributed by atoms with Crippen LogP contribution in [0.15, 0.2) is 47.5 Å². The zero-order valence-electron chi connectivity index (χ0n) is 14.7. The lowest BCUT2D eigenvalue weighted by Gasteiger charge is -2.21. The van der Waals surface area contributed by atoms with E-state index in [9.17, 15) is 10.2 Å². The summed E-state index contributed by atoms with van der Waals surface area (Å²) in [6, 6.07) is 0. The molecule has 0 saturated carbocycles. The van der Waals surface area contributed by atoms with E-state index in [0.29, 0.717) is 12.2 Å². The highest BCUT2D eigenvalue weighted by Crippen LogP contribution is 2.24. The number of aliphatic hydroxyl groups is 2. The summed E-state index contributed by atoms with van der Waals surface area (Å²) in [5.41, 5.74) is 2.00. The standard InChI is InChI=1S/C19H30O4/c1-14(8-7-9-15(2)20)13-23-19-12-17(21)10-5-6-11-18(19)16(3)22-4/h7,9,11-13,15-17,20-21H,5-6,8,10H2,1-4H3/b9-7-,14-13+,18-11?,19-12?/t15?,16?,17-/m1/s1. The molecule has 23 heavy (non-hydrogen) atoms. The molecule has 0 fully saturated rings. The summed E-state index contributed by atoms with van der Waals surface area (Å²) in [6.07, 6.45) is 11.5. The van der Waals surface area contributed by atoms with Crippen LogP contribution < -0.4 is 0 Å². The van der Waals surface area contributed by atoms with Crippen molar-refractivity contribution < 1.29 is 19.7 Å². The Hall–Kier alpha value is -1.36. The van der Waals surface area contributed by atoms with Gasteiger partial charge in [-0.1, -0.05) is 18.2 Å². The fourth-order valence-corrected chi connectivity index (χ4v) is 2.30. The van der Waals surface area contributed by atoms with Gasteiger partial charge in [0.2, 0.25) is 0 Å². The number of rotatable bonds is 7. The van der Waals surface area contributed by atoms with E-state index in [1.807, 2.05) is 19.9 Å². The van der Waals surface area contributed by atoms with Crippen LogP contribution in [0, 0.1) is 0 Å². The van der Waals surface area contributed by atoms with Gasteiger partial charge in [0.15, 0.2) is 0 Å². The smallest absolute Gasteiger partial charge is 0.130 e. The summed E-state index contributed by atoms with van der Waals surface area (Å²) < 4.78 is 11.3. The molecule has 0 aliphatic heterocycles. The largest absolute Gasteiger partial charge is 0.465 e. The van der Waals surface area contributed by atoms with Gasteiger partial charge in [-0.15, -0.1) is 0 Å². The maximum Gasteiger partial charge on any atom is 0.130 e. The van der Waals surface area contributed by atoms with Crippen molar-refractivity contribution in [2.24, 2.45) is 0 Å². The average molecular weight is 322 g/mol. The molecule has 130 valence electrons. The molecule has 0 aromatic carbocycles. The molecule has 0 amide bonds. The van der Waals surface area contributed by atoms with Crippen molar-refractivity contribution >= 4 is 0 Å². The van der Waals surface area contributed by atoms with Crippen molar-refractivity contribution in [3.63, 3.8) is 0 Å². The van der Waals surface area contributed by atoms with Crippen molar-refractivity contribution in [2.75, 3.05) is 7.11 Å². The summed E-state index contributed by atoms with van der Waals surface area (Å²) in [7, 11) is 1.67. The first kappa shape index (κ1) is 19.7. The van der Waals surface area contributed by atoms with E-state index < -0.39 is 12.2 Å². The molecular weight excluding hydrogens is 292 g/mol. The van der Waals surface area contributed by atoms with Crippen LogP contribution in [0.3, 0.4) is 0 Å². The van der Waals surface area contributed by atoms with Crippen LogP contribution in [0.4, 0.5) is 0 Å². The van der Waals surface area contributed by atoms with E-state index in [1.54, 1.807) is 32.4 Å². The van der Waals surface area contributed by atoms with Crippen molar-refractivity contribution in [1.29, 1.82) is 0 Å². The lowest BCUT2D eigenvalue weighted by molar-refractivity contribution is 0.139. The predicted octanol–water partition coefficient (Wildman–Crippen LogP) is 3.62. The van der Waals surface area contributed by atoms with E-state index in [4.69, 9.17) is 9.47 Å². The maximum absolute atomic E-state index is 10.0. The Kier molecular flexibility index (Phi) is 8.92. The molecule has 3 atom stereocenters. The monoisotopic (exact) mass is 322 g/mol. The van der Waals surface area contributed by atoms with Crippen molar-refractivity contribution in [2.45, 2.75) is 64.8 Å². The van der Waals surface area contributed by atoms with E-state index >= 15 is 0 Å². The SMILES string of the molecule is COC(C)C1=CCCC[C@@H](O)C=C1O/C=C(\C)C/C=C\C(C)O. The van der Waals surface area contributed by atoms with Crippen LogP contribution >= 0.6 is 0 Å². The van der Waals surface area contributed by atoms with Crippen LogP contribution in [0.2, 0.25) is 0 Å². The maximum atomic E-state index is 10.0. The van der Waals surface area contributed by atoms with Gasteiger partial charge >= 0.3 is 0 Å². The zero-order chi connectivity index (χ0) is 17.2. The summed E-state index contributed by atoms with van der Waals surface area (Å²) >= 11 is 0. The summed E-state index contributed by atoms with van der Waals surface area (Å²) in [6.45, 7) is 5.66. The second-order valence-electron chi connectivity index (χ2n) is 6.02. The molecule has 4 heteroatoms. The minimum atomic E-state index is -0.499. The third-order valence-corrected chi connectivity index (χ3v) is 3.73. The third kappa shape index (κ3) is 7.64. The fourth-order valence-electron chi connectivity index (χ4n) is 2.30. The summed E-state index contributed by atoms with van der Waals surface area (Å²) in [5.74, 6) is 0.658. The van der Waals surface area contributed by atoms with Gasteiger partial charge in [-0.2, -0.15) is 0 Å². The molecule has 1 aliphatic rings. The molecule has 2 unspecified atom stereocenters. The Labute approximate surface area is 139 Å². The topological polar surface area (TPSA) is 58.9 Å². The van der Waals surface area contributed by atoms with Gasteiger partial charge < -0.3 is 19.7 Å². The molecule has 0 heterocycles. The Morgan fingerprint density at radius 2 is 2.17 bits per heavy atom. The average Bonchev–Trinajstić information content (AvgIpc) is 2.48. The van der Waals surface area contributed by atoms with Crippen molar-refractivity contribution in [3.05, 3.63) is 47.5 Å². The highest BCUT2D eigenvalue weighted by Gasteiger charge is 2.17. The highest BCUT2D eigenvalue weighted by molar-refractivity contribution is 5.31. The molecule has 0 spiro atoms. The molecule has 0 aromatic heterocycles. The number of hydrogen-bond donors (Lipinski definition) is 2. The fraction of sp³-hybridized carbons (Fsp3) is 0.579. The van der Waals surface area contributed by atoms with Gasteiger partial charge in [-0.3, -0.25) is 0 Å². The molecule has 1 rings (SSSR count). The summed E-state index contributed by atoms with van der Waals surface area (Å²) in [5, 5.41) is 19.3. The van der Waals surface area contributed by atoms with E-state index in [-0.39, 0.29) is 6.10 Å². The second kappa shape index (κ2) is 10.4. The normalized spacial score (nSPS) is 22.9. The first-order chi connectivity index (χ1) is 10.9. The lowest BCUT2D eigenvalue weighted by Crippen LogP contribution is -2.15. The van der Waals surface area contributed by atoms with Gasteiger partial charge in [-0.25, -0.2) is 0 Å². The number of ether oxygens (including phenoxy) is 2. The lowest BCUT2D eigenvalue weighted by atomic mass is 9.99. The third-order valence-electron chi connectivity index (χ3n) is 3.73. The molecule has 1 aliphatic carbocycles. The molecular formula is C19H30O4. The highest BCUT2D eigenvalue weighted by atomic mass is 16.5. The Morgan fingerprint density at radius 3 is 2.83 bits per heavy atom. The van der Waals surface area contributed by atoms with E-state index in [0.717, 1.165) is 30.4 Å². The predicted molar refractivity (Wildman–Crippen MR) is 92.8 cm³/mol. The quantitative estimate of drug-likeness (QED) is 0.555. The number of aliphatic hydroxyl groups excluding tert-OH is 2. The molecule has 2 N–H and O–H groups in total. The molecule has 4 nitrogen and oxygen atoms in total. The van der Waals surface area contributed by atoms with Crippen LogP contribution in [0.1, 0.15) is 46.5 Å². The number of hydrogen-bond acceptors (Lipinski definition) is 4. The van der Waals surface area contributed by atoms with Crippen LogP contribution in [-0.4, -0.2) is 35.6 Å². The first-order valence-corrected chi connectivity index (χ1v) is 8.24. The van der Waals surface area contributed by atoms with E-state index in [2.05, 4.69) is 6.08 Å². The number of methoxy groups -OCH3 is 1. The van der Waals surface area contributed by atoms with Gasteiger partial charge in [-0.05, 0) is 58.1 Å². The Balaban J connectivity index is 2.83.